The van der Waals surface area contributed by atoms with Gasteiger partial charge in [-0.05, 0) is 40.5 Å². The summed E-state index contributed by atoms with van der Waals surface area (Å²) in [7, 11) is -1.08. The van der Waals surface area contributed by atoms with E-state index in [1.165, 1.54) is 12.8 Å². The van der Waals surface area contributed by atoms with Crippen molar-refractivity contribution in [3.8, 4) is 0 Å². The molecule has 0 bridgehead atoms. The normalized spacial score (nSPS) is 15.6. The van der Waals surface area contributed by atoms with E-state index in [0.717, 1.165) is 18.6 Å². The predicted molar refractivity (Wildman–Crippen MR) is 65.1 cm³/mol. The molecular formula is C11H23NOS. The zero-order chi connectivity index (χ0) is 11.2. The van der Waals surface area contributed by atoms with E-state index in [1.807, 2.05) is 27.7 Å². The van der Waals surface area contributed by atoms with Crippen molar-refractivity contribution < 1.29 is 4.21 Å². The first-order valence-corrected chi connectivity index (χ1v) is 6.44. The Morgan fingerprint density at radius 1 is 1.29 bits per heavy atom. The van der Waals surface area contributed by atoms with Crippen molar-refractivity contribution >= 4 is 16.7 Å². The van der Waals surface area contributed by atoms with Crippen LogP contribution in [0.1, 0.15) is 60.3 Å². The van der Waals surface area contributed by atoms with E-state index in [-0.39, 0.29) is 4.75 Å². The largest absolute Gasteiger partial charge is 0.234 e. The van der Waals surface area contributed by atoms with Gasteiger partial charge < -0.3 is 0 Å². The van der Waals surface area contributed by atoms with Crippen molar-refractivity contribution in [2.24, 2.45) is 4.40 Å². The highest BCUT2D eigenvalue weighted by Crippen LogP contribution is 2.13. The molecule has 0 saturated heterocycles. The summed E-state index contributed by atoms with van der Waals surface area (Å²) in [4.78, 5) is 0. The third-order valence-corrected chi connectivity index (χ3v) is 3.43. The van der Waals surface area contributed by atoms with Crippen molar-refractivity contribution in [3.63, 3.8) is 0 Å². The summed E-state index contributed by atoms with van der Waals surface area (Å²) >= 11 is 0. The van der Waals surface area contributed by atoms with Gasteiger partial charge >= 0.3 is 0 Å². The molecule has 0 spiro atoms. The second kappa shape index (κ2) is 6.33. The first-order valence-electron chi connectivity index (χ1n) is 5.34. The Hall–Kier alpha value is -0.180. The van der Waals surface area contributed by atoms with Gasteiger partial charge in [0.15, 0.2) is 0 Å². The van der Waals surface area contributed by atoms with Crippen LogP contribution in [-0.4, -0.2) is 14.7 Å². The van der Waals surface area contributed by atoms with Crippen LogP contribution in [0, 0.1) is 0 Å². The van der Waals surface area contributed by atoms with Gasteiger partial charge in [0.2, 0.25) is 0 Å². The molecule has 0 N–H and O–H groups in total. The molecule has 0 radical (unpaired) electrons. The summed E-state index contributed by atoms with van der Waals surface area (Å²) < 4.78 is 15.6. The molecule has 0 aromatic rings. The van der Waals surface area contributed by atoms with Crippen LogP contribution in [0.2, 0.25) is 0 Å². The third kappa shape index (κ3) is 6.30. The third-order valence-electron chi connectivity index (χ3n) is 1.90. The minimum Gasteiger partial charge on any atom is -0.234 e. The molecule has 1 atom stereocenters. The minimum absolute atomic E-state index is 0.230. The summed E-state index contributed by atoms with van der Waals surface area (Å²) in [5.41, 5.74) is 1.02. The van der Waals surface area contributed by atoms with Crippen molar-refractivity contribution in [3.05, 3.63) is 0 Å². The zero-order valence-electron chi connectivity index (χ0n) is 10.1. The molecule has 0 fully saturated rings. The molecule has 0 aliphatic heterocycles. The van der Waals surface area contributed by atoms with Crippen LogP contribution in [0.5, 0.6) is 0 Å². The molecule has 0 heterocycles. The quantitative estimate of drug-likeness (QED) is 0.512. The van der Waals surface area contributed by atoms with Gasteiger partial charge in [-0.2, -0.15) is 4.40 Å². The Kier molecular flexibility index (Phi) is 6.25. The van der Waals surface area contributed by atoms with E-state index in [2.05, 4.69) is 11.3 Å². The Morgan fingerprint density at radius 3 is 2.29 bits per heavy atom. The van der Waals surface area contributed by atoms with Gasteiger partial charge in [0.05, 0.1) is 4.75 Å². The number of hydrogen-bond donors (Lipinski definition) is 0. The molecule has 0 aromatic heterocycles. The lowest BCUT2D eigenvalue weighted by molar-refractivity contribution is 0.650. The summed E-state index contributed by atoms with van der Waals surface area (Å²) in [5, 5.41) is 0. The lowest BCUT2D eigenvalue weighted by Crippen LogP contribution is -2.20. The van der Waals surface area contributed by atoms with Gasteiger partial charge in [0, 0.05) is 5.71 Å². The molecule has 0 saturated carbocycles. The maximum absolute atomic E-state index is 11.6. The Balaban J connectivity index is 4.04. The molecule has 0 amide bonds. The van der Waals surface area contributed by atoms with Crippen molar-refractivity contribution in [2.75, 3.05) is 0 Å². The van der Waals surface area contributed by atoms with Crippen molar-refractivity contribution in [1.82, 2.24) is 0 Å². The SMILES string of the molecule is CCCCCC(C)=N[S@@](=O)C(C)(C)C. The standard InChI is InChI=1S/C11H23NOS/c1-6-7-8-9-10(2)12-14(13)11(3,4)5/h6-9H2,1-5H3/t14-/m0/s1. The van der Waals surface area contributed by atoms with Gasteiger partial charge in [0.1, 0.15) is 11.0 Å². The molecule has 0 unspecified atom stereocenters. The van der Waals surface area contributed by atoms with Crippen LogP contribution >= 0.6 is 0 Å². The second-order valence-corrected chi connectivity index (χ2v) is 6.55. The van der Waals surface area contributed by atoms with Crippen LogP contribution in [0.25, 0.3) is 0 Å². The highest BCUT2D eigenvalue weighted by atomic mass is 32.2. The van der Waals surface area contributed by atoms with Gasteiger partial charge in [-0.1, -0.05) is 19.8 Å². The Bertz CT molecular complexity index is 216. The fraction of sp³-hybridized carbons (Fsp3) is 0.909. The van der Waals surface area contributed by atoms with Gasteiger partial charge in [0.25, 0.3) is 0 Å². The first-order chi connectivity index (χ1) is 6.38. The van der Waals surface area contributed by atoms with Crippen LogP contribution in [0.15, 0.2) is 4.40 Å². The molecule has 2 nitrogen and oxygen atoms in total. The first kappa shape index (κ1) is 13.8. The van der Waals surface area contributed by atoms with E-state index in [1.54, 1.807) is 0 Å². The van der Waals surface area contributed by atoms with Crippen LogP contribution in [0.4, 0.5) is 0 Å². The number of rotatable bonds is 5. The van der Waals surface area contributed by atoms with Gasteiger partial charge in [-0.3, -0.25) is 0 Å². The maximum atomic E-state index is 11.6. The second-order valence-electron chi connectivity index (χ2n) is 4.65. The lowest BCUT2D eigenvalue weighted by atomic mass is 10.1. The predicted octanol–water partition coefficient (Wildman–Crippen LogP) is 3.49. The highest BCUT2D eigenvalue weighted by molar-refractivity contribution is 7.85. The topological polar surface area (TPSA) is 29.4 Å². The fourth-order valence-electron chi connectivity index (χ4n) is 0.955. The van der Waals surface area contributed by atoms with E-state index < -0.39 is 11.0 Å². The average molecular weight is 217 g/mol. The number of unbranched alkanes of at least 4 members (excludes halogenated alkanes) is 2. The fourth-order valence-corrected chi connectivity index (χ4v) is 1.60. The van der Waals surface area contributed by atoms with Crippen molar-refractivity contribution in [1.29, 1.82) is 0 Å². The van der Waals surface area contributed by atoms with Gasteiger partial charge in [-0.25, -0.2) is 4.21 Å². The van der Waals surface area contributed by atoms with Crippen LogP contribution in [0.3, 0.4) is 0 Å². The molecule has 0 aliphatic carbocycles. The van der Waals surface area contributed by atoms with Crippen molar-refractivity contribution in [2.45, 2.75) is 65.0 Å². The van der Waals surface area contributed by atoms with Crippen LogP contribution in [-0.2, 0) is 11.0 Å². The maximum Gasteiger partial charge on any atom is 0.144 e. The smallest absolute Gasteiger partial charge is 0.144 e. The zero-order valence-corrected chi connectivity index (χ0v) is 10.9. The summed E-state index contributed by atoms with van der Waals surface area (Å²) in [5.74, 6) is 0. The molecular weight excluding hydrogens is 194 g/mol. The number of nitrogens with zero attached hydrogens (tertiary/aromatic N) is 1. The number of hydrogen-bond acceptors (Lipinski definition) is 1. The minimum atomic E-state index is -1.08. The molecule has 0 rings (SSSR count). The van der Waals surface area contributed by atoms with E-state index >= 15 is 0 Å². The summed E-state index contributed by atoms with van der Waals surface area (Å²) in [6, 6.07) is 0. The van der Waals surface area contributed by atoms with E-state index in [9.17, 15) is 4.21 Å². The van der Waals surface area contributed by atoms with Crippen LogP contribution < -0.4 is 0 Å². The monoisotopic (exact) mass is 217 g/mol. The Morgan fingerprint density at radius 2 is 1.86 bits per heavy atom. The molecule has 0 aliphatic rings. The molecule has 14 heavy (non-hydrogen) atoms. The molecule has 3 heteroatoms. The average Bonchev–Trinajstić information content (AvgIpc) is 2.03. The highest BCUT2D eigenvalue weighted by Gasteiger charge is 2.18. The van der Waals surface area contributed by atoms with Gasteiger partial charge in [-0.15, -0.1) is 0 Å². The molecule has 0 aromatic carbocycles. The van der Waals surface area contributed by atoms with E-state index in [4.69, 9.17) is 0 Å². The summed E-state index contributed by atoms with van der Waals surface area (Å²) in [6.45, 7) is 10.0. The summed E-state index contributed by atoms with van der Waals surface area (Å²) in [6.07, 6.45) is 4.59. The lowest BCUT2D eigenvalue weighted by Gasteiger charge is -2.13. The van der Waals surface area contributed by atoms with E-state index in [0.29, 0.717) is 0 Å². The Labute approximate surface area is 90.8 Å². The molecule has 84 valence electrons.